The number of halogens is 3. The maximum Gasteiger partial charge on any atom is 0.389 e. The first-order valence-corrected chi connectivity index (χ1v) is 4.31. The molecule has 16 heavy (non-hydrogen) atoms. The van der Waals surface area contributed by atoms with E-state index in [4.69, 9.17) is 5.11 Å². The average molecular weight is 235 g/mol. The molecule has 0 atom stereocenters. The van der Waals surface area contributed by atoms with E-state index in [0.29, 0.717) is 0 Å². The minimum absolute atomic E-state index is 0.0540. The van der Waals surface area contributed by atoms with E-state index < -0.39 is 30.8 Å². The number of rotatable bonds is 4. The molecule has 0 aliphatic heterocycles. The zero-order chi connectivity index (χ0) is 12.3. The summed E-state index contributed by atoms with van der Waals surface area (Å²) in [5, 5.41) is 8.52. The highest BCUT2D eigenvalue weighted by Gasteiger charge is 2.28. The van der Waals surface area contributed by atoms with Gasteiger partial charge >= 0.3 is 12.1 Å². The molecule has 0 aliphatic carbocycles. The molecule has 0 aliphatic rings. The minimum Gasteiger partial charge on any atom is -0.477 e. The van der Waals surface area contributed by atoms with Crippen molar-refractivity contribution in [2.75, 3.05) is 0 Å². The number of aromatic amines is 1. The van der Waals surface area contributed by atoms with Gasteiger partial charge in [-0.15, -0.1) is 0 Å². The smallest absolute Gasteiger partial charge is 0.389 e. The minimum atomic E-state index is -4.39. The fourth-order valence-corrected chi connectivity index (χ4v) is 1.08. The summed E-state index contributed by atoms with van der Waals surface area (Å²) in [5.74, 6) is -2.00. The number of hydrogen-bond acceptors (Lipinski definition) is 2. The number of carbonyl (C=O) groups excluding carboxylic acids is 1. The third-order valence-corrected chi connectivity index (χ3v) is 1.87. The molecule has 1 heterocycles. The predicted molar refractivity (Wildman–Crippen MR) is 47.4 cm³/mol. The van der Waals surface area contributed by atoms with Gasteiger partial charge in [-0.25, -0.2) is 4.79 Å². The number of carbonyl (C=O) groups is 2. The van der Waals surface area contributed by atoms with Crippen LogP contribution < -0.4 is 0 Å². The van der Waals surface area contributed by atoms with Gasteiger partial charge in [0.05, 0.1) is 6.42 Å². The van der Waals surface area contributed by atoms with E-state index >= 15 is 0 Å². The van der Waals surface area contributed by atoms with Gasteiger partial charge in [-0.3, -0.25) is 4.79 Å². The number of alkyl halides is 3. The Bertz CT molecular complexity index is 408. The normalized spacial score (nSPS) is 11.4. The maximum atomic E-state index is 11.8. The Morgan fingerprint density at radius 2 is 2.00 bits per heavy atom. The molecular weight excluding hydrogens is 227 g/mol. The number of hydrogen-bond donors (Lipinski definition) is 2. The van der Waals surface area contributed by atoms with Gasteiger partial charge in [-0.2, -0.15) is 13.2 Å². The molecule has 0 saturated carbocycles. The molecule has 0 spiro atoms. The van der Waals surface area contributed by atoms with Crippen LogP contribution in [0.3, 0.4) is 0 Å². The molecule has 7 heteroatoms. The van der Waals surface area contributed by atoms with Crippen LogP contribution in [0.25, 0.3) is 0 Å². The maximum absolute atomic E-state index is 11.8. The third kappa shape index (κ3) is 3.41. The van der Waals surface area contributed by atoms with Crippen molar-refractivity contribution in [2.45, 2.75) is 19.0 Å². The Labute approximate surface area is 88.1 Å². The lowest BCUT2D eigenvalue weighted by Gasteiger charge is -2.03. The molecular formula is C9H8F3NO3. The van der Waals surface area contributed by atoms with Crippen LogP contribution in [0, 0.1) is 0 Å². The van der Waals surface area contributed by atoms with Crippen molar-refractivity contribution in [1.82, 2.24) is 4.98 Å². The van der Waals surface area contributed by atoms with E-state index in [9.17, 15) is 22.8 Å². The van der Waals surface area contributed by atoms with Gasteiger partial charge in [0.15, 0.2) is 5.78 Å². The molecule has 0 saturated heterocycles. The zero-order valence-corrected chi connectivity index (χ0v) is 7.97. The second-order valence-electron chi connectivity index (χ2n) is 3.15. The van der Waals surface area contributed by atoms with E-state index in [1.165, 1.54) is 0 Å². The first-order chi connectivity index (χ1) is 7.29. The zero-order valence-electron chi connectivity index (χ0n) is 7.97. The van der Waals surface area contributed by atoms with Crippen LogP contribution >= 0.6 is 0 Å². The van der Waals surface area contributed by atoms with Gasteiger partial charge in [0.2, 0.25) is 0 Å². The Morgan fingerprint density at radius 1 is 1.38 bits per heavy atom. The van der Waals surface area contributed by atoms with Crippen molar-refractivity contribution < 1.29 is 27.9 Å². The number of aromatic nitrogens is 1. The molecule has 1 rings (SSSR count). The summed E-state index contributed by atoms with van der Waals surface area (Å²) in [6, 6.07) is 1.01. The number of carboxylic acids is 1. The van der Waals surface area contributed by atoms with E-state index in [0.717, 1.165) is 12.3 Å². The summed E-state index contributed by atoms with van der Waals surface area (Å²) in [6.07, 6.45) is -5.19. The molecule has 0 bridgehead atoms. The van der Waals surface area contributed by atoms with E-state index in [-0.39, 0.29) is 11.3 Å². The fraction of sp³-hybridized carbons (Fsp3) is 0.333. The Kier molecular flexibility index (Phi) is 3.36. The molecule has 4 nitrogen and oxygen atoms in total. The molecule has 0 radical (unpaired) electrons. The molecule has 0 fully saturated rings. The number of Topliss-reactive ketones (excluding diaryl/α,β-unsaturated/α-hetero) is 1. The summed E-state index contributed by atoms with van der Waals surface area (Å²) in [7, 11) is 0. The monoisotopic (exact) mass is 235 g/mol. The second-order valence-corrected chi connectivity index (χ2v) is 3.15. The molecule has 0 unspecified atom stereocenters. The second kappa shape index (κ2) is 4.38. The number of ketones is 1. The van der Waals surface area contributed by atoms with Crippen molar-refractivity contribution in [3.05, 3.63) is 23.5 Å². The van der Waals surface area contributed by atoms with Gasteiger partial charge in [-0.1, -0.05) is 0 Å². The SMILES string of the molecule is O=C(CCC(F)(F)F)c1c[nH]c(C(=O)O)c1. The van der Waals surface area contributed by atoms with Gasteiger partial charge in [0.25, 0.3) is 0 Å². The van der Waals surface area contributed by atoms with Gasteiger partial charge in [-0.05, 0) is 6.07 Å². The highest BCUT2D eigenvalue weighted by atomic mass is 19.4. The highest BCUT2D eigenvalue weighted by molar-refractivity contribution is 5.98. The summed E-state index contributed by atoms with van der Waals surface area (Å²) in [6.45, 7) is 0. The standard InChI is InChI=1S/C9H8F3NO3/c10-9(11,12)2-1-7(14)5-3-6(8(15)16)13-4-5/h3-4,13H,1-2H2,(H,15,16). The van der Waals surface area contributed by atoms with Crippen LogP contribution in [0.5, 0.6) is 0 Å². The van der Waals surface area contributed by atoms with E-state index in [2.05, 4.69) is 4.98 Å². The largest absolute Gasteiger partial charge is 0.477 e. The third-order valence-electron chi connectivity index (χ3n) is 1.87. The average Bonchev–Trinajstić information content (AvgIpc) is 2.61. The summed E-state index contributed by atoms with van der Waals surface area (Å²) < 4.78 is 35.4. The quantitative estimate of drug-likeness (QED) is 0.786. The van der Waals surface area contributed by atoms with Crippen molar-refractivity contribution in [3.63, 3.8) is 0 Å². The molecule has 88 valence electrons. The molecule has 2 N–H and O–H groups in total. The van der Waals surface area contributed by atoms with Crippen LogP contribution in [0.1, 0.15) is 33.7 Å². The van der Waals surface area contributed by atoms with Crippen LogP contribution in [-0.4, -0.2) is 28.0 Å². The highest BCUT2D eigenvalue weighted by Crippen LogP contribution is 2.22. The summed E-state index contributed by atoms with van der Waals surface area (Å²) in [5.41, 5.74) is -0.281. The summed E-state index contributed by atoms with van der Waals surface area (Å²) >= 11 is 0. The topological polar surface area (TPSA) is 70.2 Å². The number of aromatic carboxylic acids is 1. The van der Waals surface area contributed by atoms with E-state index in [1.54, 1.807) is 0 Å². The van der Waals surface area contributed by atoms with Crippen molar-refractivity contribution in [3.8, 4) is 0 Å². The van der Waals surface area contributed by atoms with Gasteiger partial charge in [0, 0.05) is 18.2 Å². The van der Waals surface area contributed by atoms with Crippen LogP contribution in [-0.2, 0) is 0 Å². The Hall–Kier alpha value is -1.79. The summed E-state index contributed by atoms with van der Waals surface area (Å²) in [4.78, 5) is 23.9. The first-order valence-electron chi connectivity index (χ1n) is 4.31. The molecule has 0 amide bonds. The van der Waals surface area contributed by atoms with Gasteiger partial charge in [0.1, 0.15) is 5.69 Å². The molecule has 1 aromatic rings. The van der Waals surface area contributed by atoms with Crippen LogP contribution in [0.15, 0.2) is 12.3 Å². The molecule has 1 aromatic heterocycles. The van der Waals surface area contributed by atoms with Crippen molar-refractivity contribution in [2.24, 2.45) is 0 Å². The Balaban J connectivity index is 2.63. The van der Waals surface area contributed by atoms with Crippen LogP contribution in [0.2, 0.25) is 0 Å². The fourth-order valence-electron chi connectivity index (χ4n) is 1.08. The van der Waals surface area contributed by atoms with E-state index in [1.807, 2.05) is 0 Å². The lowest BCUT2D eigenvalue weighted by atomic mass is 10.1. The van der Waals surface area contributed by atoms with Crippen LogP contribution in [0.4, 0.5) is 13.2 Å². The number of H-pyrrole nitrogens is 1. The van der Waals surface area contributed by atoms with Gasteiger partial charge < -0.3 is 10.1 Å². The number of nitrogens with one attached hydrogen (secondary N) is 1. The lowest BCUT2D eigenvalue weighted by molar-refractivity contribution is -0.133. The lowest BCUT2D eigenvalue weighted by Crippen LogP contribution is -2.10. The van der Waals surface area contributed by atoms with Crippen molar-refractivity contribution >= 4 is 11.8 Å². The Morgan fingerprint density at radius 3 is 2.44 bits per heavy atom. The first kappa shape index (κ1) is 12.3. The molecule has 0 aromatic carbocycles. The predicted octanol–water partition coefficient (Wildman–Crippen LogP) is 2.24. The number of carboxylic acid groups (broad SMARTS) is 1. The van der Waals surface area contributed by atoms with Crippen molar-refractivity contribution in [1.29, 1.82) is 0 Å².